The first-order chi connectivity index (χ1) is 11.1. The number of anilines is 2. The lowest BCUT2D eigenvalue weighted by atomic mass is 10.2. The molecule has 23 heavy (non-hydrogen) atoms. The molecule has 7 heteroatoms. The van der Waals surface area contributed by atoms with Crippen molar-refractivity contribution in [3.05, 3.63) is 46.8 Å². The van der Waals surface area contributed by atoms with E-state index in [1.807, 2.05) is 12.1 Å². The number of nitrogens with zero attached hydrogens (tertiary/aromatic N) is 4. The summed E-state index contributed by atoms with van der Waals surface area (Å²) in [5.74, 6) is 0.926. The number of benzene rings is 1. The molecule has 1 aliphatic rings. The van der Waals surface area contributed by atoms with Crippen molar-refractivity contribution in [2.24, 2.45) is 0 Å². The molecular weight excluding hydrogens is 374 g/mol. The Morgan fingerprint density at radius 1 is 1.22 bits per heavy atom. The number of piperazine rings is 1. The summed E-state index contributed by atoms with van der Waals surface area (Å²) in [4.78, 5) is 12.9. The van der Waals surface area contributed by atoms with E-state index in [1.54, 1.807) is 18.6 Å². The van der Waals surface area contributed by atoms with Crippen LogP contribution in [0.4, 0.5) is 11.5 Å². The molecule has 0 atom stereocenters. The highest BCUT2D eigenvalue weighted by Crippen LogP contribution is 2.20. The molecule has 0 saturated carbocycles. The normalized spacial score (nSPS) is 14.7. The summed E-state index contributed by atoms with van der Waals surface area (Å²) in [6.07, 6.45) is 5.22. The van der Waals surface area contributed by atoms with Gasteiger partial charge >= 0.3 is 0 Å². The van der Waals surface area contributed by atoms with Crippen molar-refractivity contribution in [3.8, 4) is 0 Å². The Labute approximate surface area is 149 Å². The van der Waals surface area contributed by atoms with Crippen LogP contribution in [0.15, 0.2) is 41.3 Å². The van der Waals surface area contributed by atoms with Crippen LogP contribution in [0.25, 0.3) is 0 Å². The Hall–Kier alpha value is -1.73. The molecule has 1 aromatic heterocycles. The lowest BCUT2D eigenvalue weighted by Crippen LogP contribution is -2.50. The third-order valence-corrected chi connectivity index (χ3v) is 5.10. The van der Waals surface area contributed by atoms with E-state index < -0.39 is 0 Å². The van der Waals surface area contributed by atoms with Gasteiger partial charge in [0, 0.05) is 48.7 Å². The van der Waals surface area contributed by atoms with Gasteiger partial charge in [0.05, 0.1) is 6.20 Å². The van der Waals surface area contributed by atoms with Crippen molar-refractivity contribution in [3.63, 3.8) is 0 Å². The van der Waals surface area contributed by atoms with Crippen LogP contribution in [0.1, 0.15) is 5.56 Å². The van der Waals surface area contributed by atoms with Crippen molar-refractivity contribution in [1.29, 1.82) is 0 Å². The third kappa shape index (κ3) is 3.97. The zero-order valence-corrected chi connectivity index (χ0v) is 15.3. The Kier molecular flexibility index (Phi) is 5.07. The molecule has 0 aliphatic carbocycles. The highest BCUT2D eigenvalue weighted by molar-refractivity contribution is 9.10. The van der Waals surface area contributed by atoms with Gasteiger partial charge in [0.1, 0.15) is 5.82 Å². The highest BCUT2D eigenvalue weighted by atomic mass is 79.9. The average Bonchev–Trinajstić information content (AvgIpc) is 2.59. The molecule has 0 unspecified atom stereocenters. The van der Waals surface area contributed by atoms with Crippen LogP contribution in [-0.2, 0) is 0 Å². The summed E-state index contributed by atoms with van der Waals surface area (Å²) in [5.41, 5.74) is 2.21. The topological polar surface area (TPSA) is 44.3 Å². The van der Waals surface area contributed by atoms with Crippen LogP contribution < -0.4 is 10.2 Å². The third-order valence-electron chi connectivity index (χ3n) is 3.85. The van der Waals surface area contributed by atoms with Gasteiger partial charge in [0.2, 0.25) is 0 Å². The summed E-state index contributed by atoms with van der Waals surface area (Å²) in [7, 11) is 0. The van der Waals surface area contributed by atoms with Gasteiger partial charge in [-0.2, -0.15) is 0 Å². The van der Waals surface area contributed by atoms with E-state index in [0.717, 1.165) is 47.3 Å². The SMILES string of the molecule is Cc1cc(NC(=S)N2CCN(c3cnccn3)CC2)ccc1Br. The Morgan fingerprint density at radius 2 is 2.00 bits per heavy atom. The van der Waals surface area contributed by atoms with Gasteiger partial charge in [-0.3, -0.25) is 4.98 Å². The van der Waals surface area contributed by atoms with Crippen molar-refractivity contribution in [2.45, 2.75) is 6.92 Å². The molecule has 5 nitrogen and oxygen atoms in total. The quantitative estimate of drug-likeness (QED) is 0.793. The van der Waals surface area contributed by atoms with Crippen LogP contribution >= 0.6 is 28.1 Å². The van der Waals surface area contributed by atoms with Gasteiger partial charge in [0.25, 0.3) is 0 Å². The van der Waals surface area contributed by atoms with Gasteiger partial charge in [-0.25, -0.2) is 4.98 Å². The molecule has 1 N–H and O–H groups in total. The minimum Gasteiger partial charge on any atom is -0.352 e. The van der Waals surface area contributed by atoms with E-state index in [1.165, 1.54) is 5.56 Å². The second kappa shape index (κ2) is 7.23. The van der Waals surface area contributed by atoms with Crippen molar-refractivity contribution < 1.29 is 0 Å². The predicted octanol–water partition coefficient (Wildman–Crippen LogP) is 3.07. The molecule has 1 aliphatic heterocycles. The summed E-state index contributed by atoms with van der Waals surface area (Å²) < 4.78 is 1.10. The molecule has 1 aromatic carbocycles. The highest BCUT2D eigenvalue weighted by Gasteiger charge is 2.20. The van der Waals surface area contributed by atoms with Gasteiger partial charge in [-0.15, -0.1) is 0 Å². The number of hydrogen-bond acceptors (Lipinski definition) is 4. The molecule has 0 spiro atoms. The first kappa shape index (κ1) is 16.1. The molecule has 0 radical (unpaired) electrons. The first-order valence-electron chi connectivity index (χ1n) is 7.46. The zero-order chi connectivity index (χ0) is 16.2. The molecule has 0 bridgehead atoms. The lowest BCUT2D eigenvalue weighted by Gasteiger charge is -2.36. The number of hydrogen-bond donors (Lipinski definition) is 1. The first-order valence-corrected chi connectivity index (χ1v) is 8.66. The second-order valence-electron chi connectivity index (χ2n) is 5.43. The van der Waals surface area contributed by atoms with E-state index in [2.05, 4.69) is 54.0 Å². The Balaban J connectivity index is 1.57. The minimum absolute atomic E-state index is 0.769. The molecule has 0 amide bonds. The van der Waals surface area contributed by atoms with E-state index in [9.17, 15) is 0 Å². The fourth-order valence-electron chi connectivity index (χ4n) is 2.52. The summed E-state index contributed by atoms with van der Waals surface area (Å²) in [6, 6.07) is 6.15. The molecule has 120 valence electrons. The summed E-state index contributed by atoms with van der Waals surface area (Å²) in [5, 5.41) is 4.09. The second-order valence-corrected chi connectivity index (χ2v) is 6.67. The molecule has 1 fully saturated rings. The van der Waals surface area contributed by atoms with E-state index in [4.69, 9.17) is 12.2 Å². The minimum atomic E-state index is 0.769. The fraction of sp³-hybridized carbons (Fsp3) is 0.312. The largest absolute Gasteiger partial charge is 0.352 e. The number of halogens is 1. The van der Waals surface area contributed by atoms with Crippen molar-refractivity contribution in [2.75, 3.05) is 36.4 Å². The zero-order valence-electron chi connectivity index (χ0n) is 12.9. The number of aryl methyl sites for hydroxylation is 1. The molecule has 2 aromatic rings. The number of thiocarbonyl (C=S) groups is 1. The van der Waals surface area contributed by atoms with Gasteiger partial charge in [-0.05, 0) is 42.9 Å². The van der Waals surface area contributed by atoms with Crippen LogP contribution in [0.3, 0.4) is 0 Å². The van der Waals surface area contributed by atoms with Crippen LogP contribution in [0.2, 0.25) is 0 Å². The maximum Gasteiger partial charge on any atom is 0.173 e. The smallest absolute Gasteiger partial charge is 0.173 e. The van der Waals surface area contributed by atoms with Crippen molar-refractivity contribution in [1.82, 2.24) is 14.9 Å². The Bertz CT molecular complexity index is 686. The molecule has 1 saturated heterocycles. The summed E-state index contributed by atoms with van der Waals surface area (Å²) >= 11 is 9.06. The van der Waals surface area contributed by atoms with E-state index >= 15 is 0 Å². The lowest BCUT2D eigenvalue weighted by molar-refractivity contribution is 0.389. The maximum absolute atomic E-state index is 5.54. The maximum atomic E-state index is 5.54. The standard InChI is InChI=1S/C16H18BrN5S/c1-12-10-13(2-3-14(12)17)20-16(23)22-8-6-21(7-9-22)15-11-18-4-5-19-15/h2-5,10-11H,6-9H2,1H3,(H,20,23). The number of aromatic nitrogens is 2. The van der Waals surface area contributed by atoms with Crippen molar-refractivity contribution >= 4 is 44.8 Å². The Morgan fingerprint density at radius 3 is 2.65 bits per heavy atom. The molecule has 2 heterocycles. The van der Waals surface area contributed by atoms with Crippen LogP contribution in [0.5, 0.6) is 0 Å². The molecule has 3 rings (SSSR count). The van der Waals surface area contributed by atoms with E-state index in [-0.39, 0.29) is 0 Å². The van der Waals surface area contributed by atoms with Gasteiger partial charge < -0.3 is 15.1 Å². The van der Waals surface area contributed by atoms with E-state index in [0.29, 0.717) is 0 Å². The van der Waals surface area contributed by atoms with Gasteiger partial charge in [-0.1, -0.05) is 15.9 Å². The molecular formula is C16H18BrN5S. The average molecular weight is 392 g/mol. The van der Waals surface area contributed by atoms with Crippen LogP contribution in [0, 0.1) is 6.92 Å². The number of nitrogens with one attached hydrogen (secondary N) is 1. The monoisotopic (exact) mass is 391 g/mol. The van der Waals surface area contributed by atoms with Gasteiger partial charge in [0.15, 0.2) is 5.11 Å². The summed E-state index contributed by atoms with van der Waals surface area (Å²) in [6.45, 7) is 5.59. The fourth-order valence-corrected chi connectivity index (χ4v) is 3.07. The number of rotatable bonds is 2. The predicted molar refractivity (Wildman–Crippen MR) is 101 cm³/mol. The van der Waals surface area contributed by atoms with Crippen LogP contribution in [-0.4, -0.2) is 46.2 Å².